The summed E-state index contributed by atoms with van der Waals surface area (Å²) in [6.45, 7) is 8.48. The van der Waals surface area contributed by atoms with Crippen LogP contribution in [0.15, 0.2) is 58.1 Å². The molecule has 0 aliphatic carbocycles. The number of aromatic carboxylic acids is 1. The van der Waals surface area contributed by atoms with Gasteiger partial charge in [-0.3, -0.25) is 9.59 Å². The molecular weight excluding hydrogens is 793 g/mol. The van der Waals surface area contributed by atoms with Crippen molar-refractivity contribution in [2.45, 2.75) is 56.5 Å². The van der Waals surface area contributed by atoms with E-state index in [1.165, 1.54) is 0 Å². The van der Waals surface area contributed by atoms with Crippen LogP contribution in [0.3, 0.4) is 0 Å². The molecule has 0 unspecified atom stereocenters. The monoisotopic (exact) mass is 826 g/mol. The lowest BCUT2D eigenvalue weighted by molar-refractivity contribution is -0.195. The molecule has 4 aliphatic heterocycles. The lowest BCUT2D eigenvalue weighted by atomic mass is 9.82. The molecule has 290 valence electrons. The minimum Gasteiger partial charge on any atom is -0.478 e. The van der Waals surface area contributed by atoms with Crippen LogP contribution < -0.4 is 24.8 Å². The van der Waals surface area contributed by atoms with E-state index in [2.05, 4.69) is 49.3 Å². The summed E-state index contributed by atoms with van der Waals surface area (Å²) in [5, 5.41) is 16.2. The van der Waals surface area contributed by atoms with Crippen molar-refractivity contribution in [1.82, 2.24) is 9.64 Å². The molecule has 4 aliphatic rings. The molecule has 6 heterocycles. The molecule has 15 heteroatoms. The molecule has 1 saturated heterocycles. The predicted octanol–water partition coefficient (Wildman–Crippen LogP) is 7.23. The Balaban J connectivity index is 1.32. The van der Waals surface area contributed by atoms with E-state index in [4.69, 9.17) is 9.57 Å². The number of hydroxylamine groups is 2. The van der Waals surface area contributed by atoms with Crippen molar-refractivity contribution in [3.8, 4) is 32.4 Å². The van der Waals surface area contributed by atoms with E-state index in [1.807, 2.05) is 49.1 Å². The lowest BCUT2D eigenvalue weighted by Crippen LogP contribution is -2.46. The number of thioether (sulfide) groups is 1. The summed E-state index contributed by atoms with van der Waals surface area (Å²) in [5.41, 5.74) is 2.93. The summed E-state index contributed by atoms with van der Waals surface area (Å²) < 4.78 is 42.6. The maximum absolute atomic E-state index is 17.4. The van der Waals surface area contributed by atoms with Crippen LogP contribution in [-0.4, -0.2) is 53.8 Å². The number of nitrogens with zero attached hydrogens (tertiary/aromatic N) is 3. The van der Waals surface area contributed by atoms with Gasteiger partial charge in [0.15, 0.2) is 5.54 Å². The van der Waals surface area contributed by atoms with Crippen LogP contribution >= 0.6 is 34.4 Å². The Labute approximate surface area is 337 Å². The van der Waals surface area contributed by atoms with Crippen LogP contribution in [0.25, 0.3) is 26.5 Å². The Morgan fingerprint density at radius 1 is 0.930 bits per heavy atom. The fourth-order valence-corrected chi connectivity index (χ4v) is 11.1. The Kier molecular flexibility index (Phi) is 8.37. The molecule has 5 aromatic rings. The van der Waals surface area contributed by atoms with E-state index in [1.54, 1.807) is 22.7 Å². The molecule has 3 aromatic carbocycles. The Bertz CT molecular complexity index is 2810. The maximum atomic E-state index is 17.4. The molecule has 57 heavy (non-hydrogen) atoms. The van der Waals surface area contributed by atoms with Gasteiger partial charge < -0.3 is 19.6 Å². The van der Waals surface area contributed by atoms with Crippen LogP contribution in [0.4, 0.5) is 14.5 Å². The van der Waals surface area contributed by atoms with Crippen LogP contribution in [0.1, 0.15) is 73.1 Å². The van der Waals surface area contributed by atoms with Gasteiger partial charge in [-0.25, -0.2) is 22.9 Å². The molecule has 2 aromatic heterocycles. The van der Waals surface area contributed by atoms with Gasteiger partial charge in [-0.15, -0.1) is 39.5 Å². The van der Waals surface area contributed by atoms with Gasteiger partial charge in [0.1, 0.15) is 35.7 Å². The number of benzene rings is 3. The van der Waals surface area contributed by atoms with Gasteiger partial charge in [0.2, 0.25) is 5.36 Å². The van der Waals surface area contributed by atoms with Gasteiger partial charge in [0, 0.05) is 88.3 Å². The molecule has 1 N–H and O–H groups in total. The Morgan fingerprint density at radius 2 is 1.60 bits per heavy atom. The van der Waals surface area contributed by atoms with E-state index in [0.29, 0.717) is 39.1 Å². The average molecular weight is 827 g/mol. The third-order valence-corrected chi connectivity index (χ3v) is 14.6. The van der Waals surface area contributed by atoms with Gasteiger partial charge in [-0.05, 0) is 60.5 Å². The maximum Gasteiger partial charge on any atom is 0.343 e. The van der Waals surface area contributed by atoms with Crippen molar-refractivity contribution < 1.29 is 42.6 Å². The van der Waals surface area contributed by atoms with E-state index in [-0.39, 0.29) is 23.3 Å². The lowest BCUT2D eigenvalue weighted by Gasteiger charge is -2.43. The van der Waals surface area contributed by atoms with Gasteiger partial charge >= 0.3 is 11.9 Å². The van der Waals surface area contributed by atoms with E-state index < -0.39 is 63.3 Å². The number of rotatable bonds is 6. The second-order valence-corrected chi connectivity index (χ2v) is 18.2. The van der Waals surface area contributed by atoms with E-state index in [9.17, 15) is 24.3 Å². The molecule has 0 saturated carbocycles. The molecule has 10 nitrogen and oxygen atoms in total. The highest BCUT2D eigenvalue weighted by atomic mass is 32.2. The number of carbonyl (C=O) groups is 4. The van der Waals surface area contributed by atoms with Crippen molar-refractivity contribution in [1.29, 1.82) is 0 Å². The van der Waals surface area contributed by atoms with Crippen molar-refractivity contribution in [3.05, 3.63) is 103 Å². The summed E-state index contributed by atoms with van der Waals surface area (Å²) in [6.07, 6.45) is -0.221. The standard InChI is InChI=1S/C42H33F2N3O7S3/c1-41(2)23-9-11-55-38(23)19-13-21-28(16-26(19)45(41)5)53-29-17-27-20(39-24(10-12-56-39)42(3,4)46(27)6)14-22(29)34(21)36-35(40(51)52)25(43)15-30(37(36)44)57-18-33(50)54-47-31(48)7-8-32(47)49/h9-17H,7-8,18H2,1-6H3/p+1. The average Bonchev–Trinajstić information content (AvgIpc) is 3.94. The van der Waals surface area contributed by atoms with Crippen LogP contribution in [0.5, 0.6) is 11.5 Å². The predicted molar refractivity (Wildman–Crippen MR) is 213 cm³/mol. The number of hydrogen-bond donors (Lipinski definition) is 1. The number of thiophene rings is 2. The number of imide groups is 1. The summed E-state index contributed by atoms with van der Waals surface area (Å²) in [6, 6.07) is 12.3. The number of hydrogen-bond acceptors (Lipinski definition) is 10. The normalized spacial score (nSPS) is 17.0. The number of halogens is 2. The number of carboxylic acid groups (broad SMARTS) is 1. The number of fused-ring (bicyclic) bond motifs is 8. The van der Waals surface area contributed by atoms with Crippen molar-refractivity contribution in [3.63, 3.8) is 0 Å². The molecule has 0 spiro atoms. The van der Waals surface area contributed by atoms with Crippen LogP contribution in [0, 0.1) is 11.6 Å². The largest absolute Gasteiger partial charge is 0.478 e. The summed E-state index contributed by atoms with van der Waals surface area (Å²) in [7, 11) is 3.97. The van der Waals surface area contributed by atoms with Gasteiger partial charge in [0.05, 0.1) is 27.8 Å². The first kappa shape index (κ1) is 37.2. The third kappa shape index (κ3) is 5.42. The number of anilines is 1. The summed E-state index contributed by atoms with van der Waals surface area (Å²) in [4.78, 5) is 58.6. The fourth-order valence-electron chi connectivity index (χ4n) is 8.19. The summed E-state index contributed by atoms with van der Waals surface area (Å²) in [5.74, 6) is -6.36. The zero-order valence-electron chi connectivity index (χ0n) is 31.5. The molecule has 0 bridgehead atoms. The molecule has 0 radical (unpaired) electrons. The zero-order valence-corrected chi connectivity index (χ0v) is 34.0. The quantitative estimate of drug-likeness (QED) is 0.106. The third-order valence-electron chi connectivity index (χ3n) is 11.7. The van der Waals surface area contributed by atoms with E-state index in [0.717, 1.165) is 49.1 Å². The number of carboxylic acids is 1. The highest BCUT2D eigenvalue weighted by Crippen LogP contribution is 2.53. The fraction of sp³-hybridized carbons (Fsp3) is 0.262. The van der Waals surface area contributed by atoms with Crippen molar-refractivity contribution >= 4 is 69.4 Å². The number of ether oxygens (including phenoxy) is 1. The highest BCUT2D eigenvalue weighted by molar-refractivity contribution is 8.00. The van der Waals surface area contributed by atoms with Crippen molar-refractivity contribution in [2.75, 3.05) is 24.7 Å². The first-order valence-electron chi connectivity index (χ1n) is 18.0. The van der Waals surface area contributed by atoms with Gasteiger partial charge in [-0.2, -0.15) is 0 Å². The SMILES string of the molecule is CN1c2cc3c(cc2-c2sccc2C1(C)C)C(c1c(F)c(SCC(=O)ON2C(=O)CCC2=O)cc(F)c1C(=O)O)=c1cc2c(cc1O3)=[N+](C)C(C)(C)c1ccsc1-2. The molecule has 2 amide bonds. The molecule has 9 rings (SSSR count). The minimum absolute atomic E-state index is 0.111. The van der Waals surface area contributed by atoms with Crippen LogP contribution in [0.2, 0.25) is 0 Å². The van der Waals surface area contributed by atoms with Crippen LogP contribution in [-0.2, 0) is 30.3 Å². The number of carbonyl (C=O) groups excluding carboxylic acids is 3. The molecule has 1 fully saturated rings. The topological polar surface area (TPSA) is 116 Å². The Hall–Kier alpha value is -5.38. The first-order chi connectivity index (χ1) is 27.0. The Morgan fingerprint density at radius 3 is 2.28 bits per heavy atom. The van der Waals surface area contributed by atoms with Gasteiger partial charge in [-0.1, -0.05) is 0 Å². The second-order valence-electron chi connectivity index (χ2n) is 15.3. The highest BCUT2D eigenvalue weighted by Gasteiger charge is 2.42. The molecule has 0 atom stereocenters. The van der Waals surface area contributed by atoms with Gasteiger partial charge in [0.25, 0.3) is 11.8 Å². The second kappa shape index (κ2) is 12.8. The first-order valence-corrected chi connectivity index (χ1v) is 20.8. The smallest absolute Gasteiger partial charge is 0.343 e. The van der Waals surface area contributed by atoms with Crippen molar-refractivity contribution in [2.24, 2.45) is 0 Å². The summed E-state index contributed by atoms with van der Waals surface area (Å²) >= 11 is 3.66. The minimum atomic E-state index is -1.69. The molecular formula is C42H34F2N3O7S3+. The number of amides is 2. The van der Waals surface area contributed by atoms with E-state index >= 15 is 8.78 Å². The zero-order chi connectivity index (χ0) is 40.5.